The van der Waals surface area contributed by atoms with Gasteiger partial charge in [-0.3, -0.25) is 4.79 Å². The van der Waals surface area contributed by atoms with E-state index >= 15 is 0 Å². The van der Waals surface area contributed by atoms with Gasteiger partial charge in [0.2, 0.25) is 5.91 Å². The molecule has 6 heteroatoms. The highest BCUT2D eigenvalue weighted by Crippen LogP contribution is 2.19. The molecule has 0 bridgehead atoms. The molecule has 2 rings (SSSR count). The van der Waals surface area contributed by atoms with E-state index in [2.05, 4.69) is 10.6 Å². The van der Waals surface area contributed by atoms with E-state index in [1.807, 2.05) is 0 Å². The van der Waals surface area contributed by atoms with Crippen molar-refractivity contribution >= 4 is 23.2 Å². The van der Waals surface area contributed by atoms with Crippen LogP contribution in [-0.4, -0.2) is 31.7 Å². The van der Waals surface area contributed by atoms with Crippen LogP contribution in [-0.2, 0) is 9.53 Å². The van der Waals surface area contributed by atoms with Gasteiger partial charge in [0.25, 0.3) is 0 Å². The summed E-state index contributed by atoms with van der Waals surface area (Å²) >= 11 is 5.62. The summed E-state index contributed by atoms with van der Waals surface area (Å²) in [7, 11) is 0. The first-order chi connectivity index (χ1) is 8.16. The Labute approximate surface area is 103 Å². The van der Waals surface area contributed by atoms with Crippen molar-refractivity contribution in [1.82, 2.24) is 5.32 Å². The van der Waals surface area contributed by atoms with Crippen LogP contribution in [0.1, 0.15) is 0 Å². The number of amides is 1. The lowest BCUT2D eigenvalue weighted by Crippen LogP contribution is -2.48. The van der Waals surface area contributed by atoms with Crippen LogP contribution in [0.25, 0.3) is 0 Å². The highest BCUT2D eigenvalue weighted by atomic mass is 35.5. The van der Waals surface area contributed by atoms with Gasteiger partial charge >= 0.3 is 0 Å². The van der Waals surface area contributed by atoms with Crippen LogP contribution in [0.4, 0.5) is 10.1 Å². The SMILES string of the molecule is O=C(Nc1ccc(Cl)cc1F)C1COCCN1. The number of halogens is 2. The van der Waals surface area contributed by atoms with Crippen LogP contribution in [0.2, 0.25) is 5.02 Å². The minimum atomic E-state index is -0.553. The molecule has 2 N–H and O–H groups in total. The first kappa shape index (κ1) is 12.3. The molecule has 0 radical (unpaired) electrons. The predicted octanol–water partition coefficient (Wildman–Crippen LogP) is 1.41. The highest BCUT2D eigenvalue weighted by Gasteiger charge is 2.21. The van der Waals surface area contributed by atoms with Gasteiger partial charge in [0.1, 0.15) is 11.9 Å². The zero-order valence-corrected chi connectivity index (χ0v) is 9.76. The van der Waals surface area contributed by atoms with Gasteiger partial charge in [-0.05, 0) is 18.2 Å². The number of nitrogens with one attached hydrogen (secondary N) is 2. The third-order valence-electron chi connectivity index (χ3n) is 2.43. The average molecular weight is 259 g/mol. The molecule has 1 aliphatic rings. The molecule has 0 aromatic heterocycles. The van der Waals surface area contributed by atoms with Crippen molar-refractivity contribution < 1.29 is 13.9 Å². The Balaban J connectivity index is 2.02. The molecule has 4 nitrogen and oxygen atoms in total. The van der Waals surface area contributed by atoms with Crippen molar-refractivity contribution in [1.29, 1.82) is 0 Å². The van der Waals surface area contributed by atoms with E-state index < -0.39 is 11.9 Å². The topological polar surface area (TPSA) is 50.4 Å². The van der Waals surface area contributed by atoms with Gasteiger partial charge in [0, 0.05) is 11.6 Å². The molecule has 1 aromatic carbocycles. The Morgan fingerprint density at radius 3 is 3.06 bits per heavy atom. The van der Waals surface area contributed by atoms with Crippen LogP contribution < -0.4 is 10.6 Å². The number of anilines is 1. The largest absolute Gasteiger partial charge is 0.378 e. The lowest BCUT2D eigenvalue weighted by atomic mass is 10.2. The maximum atomic E-state index is 13.4. The van der Waals surface area contributed by atoms with Crippen LogP contribution in [0, 0.1) is 5.82 Å². The van der Waals surface area contributed by atoms with Crippen molar-refractivity contribution in [2.24, 2.45) is 0 Å². The number of hydrogen-bond acceptors (Lipinski definition) is 3. The molecule has 1 amide bonds. The Bertz CT molecular complexity index is 422. The molecule has 1 aromatic rings. The number of carbonyl (C=O) groups is 1. The zero-order chi connectivity index (χ0) is 12.3. The summed E-state index contributed by atoms with van der Waals surface area (Å²) in [5.41, 5.74) is 0.117. The van der Waals surface area contributed by atoms with Crippen molar-refractivity contribution in [3.05, 3.63) is 29.0 Å². The van der Waals surface area contributed by atoms with Gasteiger partial charge in [-0.15, -0.1) is 0 Å². The third kappa shape index (κ3) is 3.15. The summed E-state index contributed by atoms with van der Waals surface area (Å²) in [6, 6.07) is 3.66. The predicted molar refractivity (Wildman–Crippen MR) is 62.6 cm³/mol. The molecule has 0 saturated carbocycles. The maximum Gasteiger partial charge on any atom is 0.243 e. The van der Waals surface area contributed by atoms with E-state index in [0.717, 1.165) is 6.07 Å². The zero-order valence-electron chi connectivity index (χ0n) is 9.00. The summed E-state index contributed by atoms with van der Waals surface area (Å²) in [6.07, 6.45) is 0. The molecular formula is C11H12ClFN2O2. The first-order valence-corrected chi connectivity index (χ1v) is 5.61. The summed E-state index contributed by atoms with van der Waals surface area (Å²) in [5, 5.41) is 5.77. The van der Waals surface area contributed by atoms with E-state index in [1.165, 1.54) is 12.1 Å². The number of hydrogen-bond donors (Lipinski definition) is 2. The quantitative estimate of drug-likeness (QED) is 0.843. The Morgan fingerprint density at radius 1 is 1.59 bits per heavy atom. The molecule has 0 spiro atoms. The van der Waals surface area contributed by atoms with Crippen molar-refractivity contribution in [3.63, 3.8) is 0 Å². The molecule has 1 atom stereocenters. The second kappa shape index (κ2) is 5.44. The summed E-state index contributed by atoms with van der Waals surface area (Å²) in [5.74, 6) is -0.867. The van der Waals surface area contributed by atoms with E-state index in [1.54, 1.807) is 0 Å². The number of morpholine rings is 1. The van der Waals surface area contributed by atoms with Crippen molar-refractivity contribution in [3.8, 4) is 0 Å². The fourth-order valence-corrected chi connectivity index (χ4v) is 1.70. The molecule has 1 heterocycles. The fourth-order valence-electron chi connectivity index (χ4n) is 1.54. The Hall–Kier alpha value is -1.17. The highest BCUT2D eigenvalue weighted by molar-refractivity contribution is 6.30. The van der Waals surface area contributed by atoms with Crippen LogP contribution >= 0.6 is 11.6 Å². The van der Waals surface area contributed by atoms with E-state index in [-0.39, 0.29) is 11.6 Å². The van der Waals surface area contributed by atoms with Gasteiger partial charge in [-0.1, -0.05) is 11.6 Å². The molecule has 1 aliphatic heterocycles. The Morgan fingerprint density at radius 2 is 2.41 bits per heavy atom. The molecule has 17 heavy (non-hydrogen) atoms. The molecule has 92 valence electrons. The minimum absolute atomic E-state index is 0.117. The standard InChI is InChI=1S/C11H12ClFN2O2/c12-7-1-2-9(8(13)5-7)15-11(16)10-6-17-4-3-14-10/h1-2,5,10,14H,3-4,6H2,(H,15,16). The van der Waals surface area contributed by atoms with Crippen molar-refractivity contribution in [2.75, 3.05) is 25.1 Å². The molecule has 0 aliphatic carbocycles. The lowest BCUT2D eigenvalue weighted by molar-refractivity contribution is -0.120. The first-order valence-electron chi connectivity index (χ1n) is 5.24. The van der Waals surface area contributed by atoms with E-state index in [0.29, 0.717) is 24.8 Å². The maximum absolute atomic E-state index is 13.4. The number of ether oxygens (including phenoxy) is 1. The summed E-state index contributed by atoms with van der Waals surface area (Å²) in [4.78, 5) is 11.8. The van der Waals surface area contributed by atoms with Gasteiger partial charge in [0.05, 0.1) is 18.9 Å². The summed E-state index contributed by atoms with van der Waals surface area (Å²) < 4.78 is 18.6. The average Bonchev–Trinajstić information content (AvgIpc) is 2.34. The van der Waals surface area contributed by atoms with Crippen LogP contribution in [0.3, 0.4) is 0 Å². The molecule has 1 fully saturated rings. The lowest BCUT2D eigenvalue weighted by Gasteiger charge is -2.22. The second-order valence-electron chi connectivity index (χ2n) is 3.70. The fraction of sp³-hybridized carbons (Fsp3) is 0.364. The number of benzene rings is 1. The van der Waals surface area contributed by atoms with E-state index in [4.69, 9.17) is 16.3 Å². The minimum Gasteiger partial charge on any atom is -0.378 e. The smallest absolute Gasteiger partial charge is 0.243 e. The normalized spacial score (nSPS) is 20.0. The summed E-state index contributed by atoms with van der Waals surface area (Å²) in [6.45, 7) is 1.49. The second-order valence-corrected chi connectivity index (χ2v) is 4.13. The van der Waals surface area contributed by atoms with Crippen molar-refractivity contribution in [2.45, 2.75) is 6.04 Å². The van der Waals surface area contributed by atoms with Crippen LogP contribution in [0.5, 0.6) is 0 Å². The molecule has 1 saturated heterocycles. The Kier molecular flexibility index (Phi) is 3.93. The molecular weight excluding hydrogens is 247 g/mol. The van der Waals surface area contributed by atoms with Gasteiger partial charge in [-0.25, -0.2) is 4.39 Å². The molecule has 1 unspecified atom stereocenters. The van der Waals surface area contributed by atoms with Crippen LogP contribution in [0.15, 0.2) is 18.2 Å². The monoisotopic (exact) mass is 258 g/mol. The van der Waals surface area contributed by atoms with Gasteiger partial charge in [-0.2, -0.15) is 0 Å². The number of rotatable bonds is 2. The third-order valence-corrected chi connectivity index (χ3v) is 2.66. The van der Waals surface area contributed by atoms with Gasteiger partial charge in [0.15, 0.2) is 0 Å². The van der Waals surface area contributed by atoms with Gasteiger partial charge < -0.3 is 15.4 Å². The number of carbonyl (C=O) groups excluding carboxylic acids is 1. The van der Waals surface area contributed by atoms with E-state index in [9.17, 15) is 9.18 Å².